The Balaban J connectivity index is 2.46. The molecule has 0 heterocycles. The van der Waals surface area contributed by atoms with Crippen LogP contribution in [0.4, 0.5) is 5.69 Å². The molecule has 1 rings (SSSR count). The van der Waals surface area contributed by atoms with Crippen molar-refractivity contribution in [3.8, 4) is 0 Å². The number of carbonyl (C=O) groups excluding carboxylic acids is 1. The second-order valence-electron chi connectivity index (χ2n) is 5.45. The molecule has 1 aromatic carbocycles. The average molecular weight is 278 g/mol. The molecular formula is C16H26N2O2. The first kappa shape index (κ1) is 16.5. The third kappa shape index (κ3) is 4.53. The quantitative estimate of drug-likeness (QED) is 0.778. The summed E-state index contributed by atoms with van der Waals surface area (Å²) in [5.41, 5.74) is 7.55. The number of hydrogen-bond donors (Lipinski definition) is 1. The first-order chi connectivity index (χ1) is 9.40. The van der Waals surface area contributed by atoms with Gasteiger partial charge >= 0.3 is 5.97 Å². The number of methoxy groups -OCH3 is 1. The Morgan fingerprint density at radius 3 is 2.45 bits per heavy atom. The molecule has 0 amide bonds. The second-order valence-corrected chi connectivity index (χ2v) is 5.45. The van der Waals surface area contributed by atoms with Crippen LogP contribution < -0.4 is 10.6 Å². The number of nitrogens with two attached hydrogens (primary N) is 1. The van der Waals surface area contributed by atoms with E-state index in [1.54, 1.807) is 6.92 Å². The smallest absolute Gasteiger partial charge is 0.325 e. The summed E-state index contributed by atoms with van der Waals surface area (Å²) in [4.78, 5) is 13.7. The van der Waals surface area contributed by atoms with E-state index in [0.717, 1.165) is 19.4 Å². The minimum Gasteiger partial charge on any atom is -0.468 e. The van der Waals surface area contributed by atoms with E-state index in [2.05, 4.69) is 36.1 Å². The Kier molecular flexibility index (Phi) is 6.02. The summed E-state index contributed by atoms with van der Waals surface area (Å²) < 4.78 is 4.71. The standard InChI is InChI=1S/C16H26N2O2/c1-5-13-7-9-14(10-8-13)18(3)12-6-11-16(2,17)15(19)20-4/h7-10H,5-6,11-12,17H2,1-4H3. The zero-order chi connectivity index (χ0) is 15.2. The molecule has 0 aromatic heterocycles. The van der Waals surface area contributed by atoms with Crippen LogP contribution in [-0.4, -0.2) is 32.2 Å². The fraction of sp³-hybridized carbons (Fsp3) is 0.562. The van der Waals surface area contributed by atoms with Gasteiger partial charge in [-0.15, -0.1) is 0 Å². The van der Waals surface area contributed by atoms with Crippen LogP contribution in [0.2, 0.25) is 0 Å². The first-order valence-electron chi connectivity index (χ1n) is 7.08. The van der Waals surface area contributed by atoms with Crippen molar-refractivity contribution in [2.24, 2.45) is 5.73 Å². The van der Waals surface area contributed by atoms with Gasteiger partial charge in [-0.05, 0) is 43.9 Å². The minimum absolute atomic E-state index is 0.354. The van der Waals surface area contributed by atoms with E-state index in [1.165, 1.54) is 18.4 Å². The summed E-state index contributed by atoms with van der Waals surface area (Å²) in [6.07, 6.45) is 2.50. The lowest BCUT2D eigenvalue weighted by Gasteiger charge is -2.24. The van der Waals surface area contributed by atoms with Crippen molar-refractivity contribution in [1.29, 1.82) is 0 Å². The molecule has 0 bridgehead atoms. The molecule has 1 unspecified atom stereocenters. The third-order valence-corrected chi connectivity index (χ3v) is 3.63. The van der Waals surface area contributed by atoms with E-state index in [1.807, 2.05) is 7.05 Å². The van der Waals surface area contributed by atoms with Gasteiger partial charge in [0.05, 0.1) is 7.11 Å². The molecule has 0 aliphatic rings. The number of benzene rings is 1. The molecule has 0 spiro atoms. The van der Waals surface area contributed by atoms with Gasteiger partial charge in [0.15, 0.2) is 0 Å². The maximum atomic E-state index is 11.5. The summed E-state index contributed by atoms with van der Waals surface area (Å²) in [7, 11) is 3.42. The summed E-state index contributed by atoms with van der Waals surface area (Å²) in [6.45, 7) is 4.72. The molecule has 0 saturated heterocycles. The Hall–Kier alpha value is -1.55. The van der Waals surface area contributed by atoms with Gasteiger partial charge in [0.25, 0.3) is 0 Å². The number of rotatable bonds is 7. The van der Waals surface area contributed by atoms with E-state index in [9.17, 15) is 4.79 Å². The van der Waals surface area contributed by atoms with Crippen molar-refractivity contribution >= 4 is 11.7 Å². The monoisotopic (exact) mass is 278 g/mol. The number of nitrogens with zero attached hydrogens (tertiary/aromatic N) is 1. The SMILES string of the molecule is CCc1ccc(N(C)CCCC(C)(N)C(=O)OC)cc1. The van der Waals surface area contributed by atoms with Crippen LogP contribution in [0, 0.1) is 0 Å². The van der Waals surface area contributed by atoms with Gasteiger partial charge in [0.2, 0.25) is 0 Å². The van der Waals surface area contributed by atoms with Crippen molar-refractivity contribution in [1.82, 2.24) is 0 Å². The maximum Gasteiger partial charge on any atom is 0.325 e. The number of aryl methyl sites for hydroxylation is 1. The van der Waals surface area contributed by atoms with Gasteiger partial charge in [0, 0.05) is 19.3 Å². The van der Waals surface area contributed by atoms with Crippen LogP contribution in [0.1, 0.15) is 32.3 Å². The zero-order valence-electron chi connectivity index (χ0n) is 13.0. The minimum atomic E-state index is -0.901. The van der Waals surface area contributed by atoms with Gasteiger partial charge < -0.3 is 15.4 Å². The van der Waals surface area contributed by atoms with Crippen LogP contribution in [0.15, 0.2) is 24.3 Å². The Labute approximate surface area is 121 Å². The maximum absolute atomic E-state index is 11.5. The van der Waals surface area contributed by atoms with Crippen LogP contribution in [0.3, 0.4) is 0 Å². The highest BCUT2D eigenvalue weighted by Gasteiger charge is 2.28. The highest BCUT2D eigenvalue weighted by atomic mass is 16.5. The predicted molar refractivity (Wildman–Crippen MR) is 82.9 cm³/mol. The molecule has 0 aliphatic heterocycles. The molecule has 1 aromatic rings. The van der Waals surface area contributed by atoms with E-state index < -0.39 is 5.54 Å². The van der Waals surface area contributed by atoms with E-state index in [-0.39, 0.29) is 5.97 Å². The summed E-state index contributed by atoms with van der Waals surface area (Å²) in [6, 6.07) is 8.54. The van der Waals surface area contributed by atoms with Crippen LogP contribution in [0.25, 0.3) is 0 Å². The van der Waals surface area contributed by atoms with Gasteiger partial charge in [-0.3, -0.25) is 4.79 Å². The molecule has 4 nitrogen and oxygen atoms in total. The number of hydrogen-bond acceptors (Lipinski definition) is 4. The molecule has 2 N–H and O–H groups in total. The Bertz CT molecular complexity index is 427. The van der Waals surface area contributed by atoms with Gasteiger partial charge in [-0.25, -0.2) is 0 Å². The van der Waals surface area contributed by atoms with Gasteiger partial charge in [-0.1, -0.05) is 19.1 Å². The number of anilines is 1. The fourth-order valence-electron chi connectivity index (χ4n) is 2.13. The van der Waals surface area contributed by atoms with Gasteiger partial charge in [-0.2, -0.15) is 0 Å². The molecule has 0 saturated carbocycles. The Morgan fingerprint density at radius 2 is 1.95 bits per heavy atom. The molecule has 0 aliphatic carbocycles. The normalized spacial score (nSPS) is 13.7. The van der Waals surface area contributed by atoms with Crippen LogP contribution in [0.5, 0.6) is 0 Å². The van der Waals surface area contributed by atoms with Crippen molar-refractivity contribution < 1.29 is 9.53 Å². The summed E-state index contributed by atoms with van der Waals surface area (Å²) in [5.74, 6) is -0.354. The lowest BCUT2D eigenvalue weighted by molar-refractivity contribution is -0.146. The topological polar surface area (TPSA) is 55.6 Å². The first-order valence-corrected chi connectivity index (χ1v) is 7.08. The van der Waals surface area contributed by atoms with Crippen molar-refractivity contribution in [3.63, 3.8) is 0 Å². The molecule has 112 valence electrons. The fourth-order valence-corrected chi connectivity index (χ4v) is 2.13. The lowest BCUT2D eigenvalue weighted by Crippen LogP contribution is -2.46. The summed E-state index contributed by atoms with van der Waals surface area (Å²) >= 11 is 0. The molecule has 20 heavy (non-hydrogen) atoms. The number of ether oxygens (including phenoxy) is 1. The van der Waals surface area contributed by atoms with E-state index >= 15 is 0 Å². The Morgan fingerprint density at radius 1 is 1.35 bits per heavy atom. The zero-order valence-corrected chi connectivity index (χ0v) is 13.0. The van der Waals surface area contributed by atoms with Crippen molar-refractivity contribution in [2.45, 2.75) is 38.6 Å². The molecule has 0 fully saturated rings. The van der Waals surface area contributed by atoms with Gasteiger partial charge in [0.1, 0.15) is 5.54 Å². The van der Waals surface area contributed by atoms with Crippen LogP contribution in [-0.2, 0) is 16.0 Å². The second kappa shape index (κ2) is 7.29. The largest absolute Gasteiger partial charge is 0.468 e. The third-order valence-electron chi connectivity index (χ3n) is 3.63. The highest BCUT2D eigenvalue weighted by molar-refractivity contribution is 5.79. The molecule has 4 heteroatoms. The average Bonchev–Trinajstić information content (AvgIpc) is 2.46. The molecular weight excluding hydrogens is 252 g/mol. The van der Waals surface area contributed by atoms with Crippen molar-refractivity contribution in [3.05, 3.63) is 29.8 Å². The van der Waals surface area contributed by atoms with E-state index in [4.69, 9.17) is 10.5 Å². The lowest BCUT2D eigenvalue weighted by atomic mass is 9.97. The highest BCUT2D eigenvalue weighted by Crippen LogP contribution is 2.16. The van der Waals surface area contributed by atoms with E-state index in [0.29, 0.717) is 6.42 Å². The summed E-state index contributed by atoms with van der Waals surface area (Å²) in [5, 5.41) is 0. The molecule has 1 atom stereocenters. The number of carbonyl (C=O) groups is 1. The van der Waals surface area contributed by atoms with Crippen molar-refractivity contribution in [2.75, 3.05) is 25.6 Å². The van der Waals surface area contributed by atoms with Crippen LogP contribution >= 0.6 is 0 Å². The number of esters is 1. The predicted octanol–water partition coefficient (Wildman–Crippen LogP) is 2.36. The molecule has 0 radical (unpaired) electrons.